The van der Waals surface area contributed by atoms with Gasteiger partial charge in [0.1, 0.15) is 12.3 Å². The van der Waals surface area contributed by atoms with Crippen molar-refractivity contribution in [3.63, 3.8) is 0 Å². The van der Waals surface area contributed by atoms with Crippen LogP contribution in [0.5, 0.6) is 0 Å². The van der Waals surface area contributed by atoms with Crippen LogP contribution in [0.2, 0.25) is 0 Å². The van der Waals surface area contributed by atoms with Gasteiger partial charge < -0.3 is 0 Å². The van der Waals surface area contributed by atoms with E-state index in [0.717, 1.165) is 69.6 Å². The maximum absolute atomic E-state index is 15.3. The minimum atomic E-state index is -1.21. The molecular formula is C28H52F2. The lowest BCUT2D eigenvalue weighted by atomic mass is 9.64. The summed E-state index contributed by atoms with van der Waals surface area (Å²) in [6.45, 7) is 9.06. The van der Waals surface area contributed by atoms with Gasteiger partial charge in [-0.25, -0.2) is 8.78 Å². The van der Waals surface area contributed by atoms with Gasteiger partial charge in [0, 0.05) is 0 Å². The van der Waals surface area contributed by atoms with E-state index in [1.165, 1.54) is 44.9 Å². The molecule has 0 aliphatic heterocycles. The van der Waals surface area contributed by atoms with Crippen LogP contribution in [0.15, 0.2) is 0 Å². The Morgan fingerprint density at radius 1 is 0.700 bits per heavy atom. The van der Waals surface area contributed by atoms with Crippen LogP contribution in [0.4, 0.5) is 8.78 Å². The Morgan fingerprint density at radius 2 is 1.40 bits per heavy atom. The number of alkyl halides is 2. The van der Waals surface area contributed by atoms with E-state index in [1.54, 1.807) is 0 Å². The van der Waals surface area contributed by atoms with Gasteiger partial charge in [-0.2, -0.15) is 0 Å². The van der Waals surface area contributed by atoms with E-state index < -0.39 is 12.3 Å². The van der Waals surface area contributed by atoms with E-state index in [1.807, 2.05) is 0 Å². The van der Waals surface area contributed by atoms with Crippen molar-refractivity contribution in [1.82, 2.24) is 0 Å². The summed E-state index contributed by atoms with van der Waals surface area (Å²) < 4.78 is 30.5. The van der Waals surface area contributed by atoms with Gasteiger partial charge in [0.2, 0.25) is 0 Å². The second kappa shape index (κ2) is 14.1. The van der Waals surface area contributed by atoms with E-state index >= 15 is 8.78 Å². The maximum atomic E-state index is 15.3. The first kappa shape index (κ1) is 26.1. The lowest BCUT2D eigenvalue weighted by Crippen LogP contribution is -2.44. The number of hydrogen-bond donors (Lipinski definition) is 0. The molecule has 2 aliphatic carbocycles. The zero-order valence-corrected chi connectivity index (χ0v) is 20.7. The Balaban J connectivity index is 1.77. The third-order valence-electron chi connectivity index (χ3n) is 8.74. The van der Waals surface area contributed by atoms with Crippen LogP contribution in [0.1, 0.15) is 130 Å². The Hall–Kier alpha value is -0.140. The molecule has 0 heterocycles. The van der Waals surface area contributed by atoms with E-state index in [-0.39, 0.29) is 11.8 Å². The highest BCUT2D eigenvalue weighted by atomic mass is 19.2. The van der Waals surface area contributed by atoms with Gasteiger partial charge in [0.05, 0.1) is 0 Å². The van der Waals surface area contributed by atoms with E-state index in [4.69, 9.17) is 0 Å². The first-order valence-corrected chi connectivity index (χ1v) is 13.8. The second-order valence-corrected chi connectivity index (χ2v) is 11.1. The fourth-order valence-corrected chi connectivity index (χ4v) is 6.87. The van der Waals surface area contributed by atoms with E-state index in [0.29, 0.717) is 11.8 Å². The van der Waals surface area contributed by atoms with Gasteiger partial charge in [0.15, 0.2) is 0 Å². The Labute approximate surface area is 187 Å². The van der Waals surface area contributed by atoms with Gasteiger partial charge in [-0.05, 0) is 61.2 Å². The number of rotatable bonds is 13. The second-order valence-electron chi connectivity index (χ2n) is 11.1. The van der Waals surface area contributed by atoms with Gasteiger partial charge in [-0.1, -0.05) is 105 Å². The number of hydrogen-bond acceptors (Lipinski definition) is 0. The van der Waals surface area contributed by atoms with Crippen molar-refractivity contribution in [1.29, 1.82) is 0 Å². The van der Waals surface area contributed by atoms with Crippen molar-refractivity contribution in [2.45, 2.75) is 143 Å². The Morgan fingerprint density at radius 3 is 2.03 bits per heavy atom. The monoisotopic (exact) mass is 426 g/mol. The average Bonchev–Trinajstić information content (AvgIpc) is 2.74. The largest absolute Gasteiger partial charge is 0.244 e. The van der Waals surface area contributed by atoms with Crippen molar-refractivity contribution in [2.75, 3.05) is 0 Å². The molecule has 2 heteroatoms. The summed E-state index contributed by atoms with van der Waals surface area (Å²) in [6.07, 6.45) is 16.6. The minimum Gasteiger partial charge on any atom is -0.244 e. The normalized spacial score (nSPS) is 34.6. The Kier molecular flexibility index (Phi) is 12.3. The molecule has 0 aromatic carbocycles. The van der Waals surface area contributed by atoms with Crippen molar-refractivity contribution in [3.05, 3.63) is 0 Å². The molecule has 2 fully saturated rings. The first-order chi connectivity index (χ1) is 14.5. The quantitative estimate of drug-likeness (QED) is 0.275. The molecule has 0 bridgehead atoms. The summed E-state index contributed by atoms with van der Waals surface area (Å²) in [7, 11) is 0. The van der Waals surface area contributed by atoms with Crippen LogP contribution in [0.25, 0.3) is 0 Å². The molecule has 0 aromatic rings. The predicted octanol–water partition coefficient (Wildman–Crippen LogP) is 9.71. The lowest BCUT2D eigenvalue weighted by molar-refractivity contribution is -0.0324. The Bertz CT molecular complexity index is 428. The molecule has 0 aromatic heterocycles. The molecule has 0 spiro atoms. The SMILES string of the molecule is CCCCC(CCC)C1CCC(C2CCC(CCCC(C)CCC)CC2)C(F)C1F. The highest BCUT2D eigenvalue weighted by Crippen LogP contribution is 2.47. The summed E-state index contributed by atoms with van der Waals surface area (Å²) in [6, 6.07) is 0. The summed E-state index contributed by atoms with van der Waals surface area (Å²) >= 11 is 0. The van der Waals surface area contributed by atoms with Crippen molar-refractivity contribution in [3.8, 4) is 0 Å². The molecule has 0 amide bonds. The van der Waals surface area contributed by atoms with Crippen LogP contribution in [0.3, 0.4) is 0 Å². The van der Waals surface area contributed by atoms with Crippen LogP contribution in [-0.2, 0) is 0 Å². The first-order valence-electron chi connectivity index (χ1n) is 13.8. The molecule has 6 atom stereocenters. The fourth-order valence-electron chi connectivity index (χ4n) is 6.87. The lowest BCUT2D eigenvalue weighted by Gasteiger charge is -2.43. The highest BCUT2D eigenvalue weighted by molar-refractivity contribution is 4.94. The van der Waals surface area contributed by atoms with Gasteiger partial charge in [-0.15, -0.1) is 0 Å². The zero-order valence-electron chi connectivity index (χ0n) is 20.7. The molecule has 0 nitrogen and oxygen atoms in total. The van der Waals surface area contributed by atoms with Crippen LogP contribution >= 0.6 is 0 Å². The third-order valence-corrected chi connectivity index (χ3v) is 8.74. The minimum absolute atomic E-state index is 0.00442. The summed E-state index contributed by atoms with van der Waals surface area (Å²) in [5, 5.41) is 0. The molecule has 0 saturated heterocycles. The standard InChI is InChI=1S/C28H52F2/c1-5-8-14-23(11-7-3)25-19-20-26(28(30)27(25)29)24-17-15-22(16-18-24)13-9-12-21(4)10-6-2/h21-28H,5-20H2,1-4H3. The molecular weight excluding hydrogens is 374 g/mol. The van der Waals surface area contributed by atoms with Gasteiger partial charge >= 0.3 is 0 Å². The number of unbranched alkanes of at least 4 members (excludes halogenated alkanes) is 1. The maximum Gasteiger partial charge on any atom is 0.134 e. The van der Waals surface area contributed by atoms with Crippen LogP contribution < -0.4 is 0 Å². The van der Waals surface area contributed by atoms with E-state index in [2.05, 4.69) is 27.7 Å². The molecule has 2 saturated carbocycles. The fraction of sp³-hybridized carbons (Fsp3) is 1.00. The molecule has 2 rings (SSSR count). The molecule has 178 valence electrons. The third kappa shape index (κ3) is 7.77. The summed E-state index contributed by atoms with van der Waals surface area (Å²) in [4.78, 5) is 0. The van der Waals surface area contributed by atoms with Crippen LogP contribution in [-0.4, -0.2) is 12.3 Å². The zero-order chi connectivity index (χ0) is 21.9. The predicted molar refractivity (Wildman–Crippen MR) is 127 cm³/mol. The molecule has 0 N–H and O–H groups in total. The molecule has 2 aliphatic rings. The average molecular weight is 427 g/mol. The van der Waals surface area contributed by atoms with Crippen molar-refractivity contribution >= 4 is 0 Å². The van der Waals surface area contributed by atoms with Gasteiger partial charge in [-0.3, -0.25) is 0 Å². The topological polar surface area (TPSA) is 0 Å². The summed E-state index contributed by atoms with van der Waals surface area (Å²) in [5.41, 5.74) is 0. The molecule has 30 heavy (non-hydrogen) atoms. The molecule has 0 radical (unpaired) electrons. The van der Waals surface area contributed by atoms with Crippen molar-refractivity contribution < 1.29 is 8.78 Å². The highest BCUT2D eigenvalue weighted by Gasteiger charge is 2.45. The van der Waals surface area contributed by atoms with Gasteiger partial charge in [0.25, 0.3) is 0 Å². The van der Waals surface area contributed by atoms with Crippen LogP contribution in [0, 0.1) is 35.5 Å². The summed E-state index contributed by atoms with van der Waals surface area (Å²) in [5.74, 6) is 2.52. The van der Waals surface area contributed by atoms with E-state index in [9.17, 15) is 0 Å². The smallest absolute Gasteiger partial charge is 0.134 e. The number of halogens is 2. The molecule has 6 unspecified atom stereocenters. The van der Waals surface area contributed by atoms with Crippen molar-refractivity contribution in [2.24, 2.45) is 35.5 Å².